The number of hydrogen-bond acceptors (Lipinski definition) is 21. The molecule has 0 amide bonds. The molecule has 1 aromatic rings. The van der Waals surface area contributed by atoms with E-state index in [1.54, 1.807) is 0 Å². The first-order valence-corrected chi connectivity index (χ1v) is 18.7. The van der Waals surface area contributed by atoms with Gasteiger partial charge in [0, 0.05) is 48.5 Å². The van der Waals surface area contributed by atoms with Crippen LogP contribution in [0.4, 0.5) is 0 Å². The molecule has 4 saturated heterocycles. The summed E-state index contributed by atoms with van der Waals surface area (Å²) in [6.45, 7) is 6.60. The predicted molar refractivity (Wildman–Crippen MR) is 188 cm³/mol. The van der Waals surface area contributed by atoms with Gasteiger partial charge in [0.05, 0.1) is 13.2 Å². The van der Waals surface area contributed by atoms with Gasteiger partial charge >= 0.3 is 41.8 Å². The van der Waals surface area contributed by atoms with Crippen LogP contribution in [0.15, 0.2) is 30.3 Å². The van der Waals surface area contributed by atoms with Crippen LogP contribution in [-0.2, 0) is 106 Å². The molecule has 5 rings (SSSR count). The fourth-order valence-corrected chi connectivity index (χ4v) is 6.99. The maximum absolute atomic E-state index is 12.8. The van der Waals surface area contributed by atoms with Crippen molar-refractivity contribution in [2.45, 2.75) is 141 Å². The van der Waals surface area contributed by atoms with Crippen molar-refractivity contribution < 1.29 is 99.9 Å². The van der Waals surface area contributed by atoms with E-state index < -0.39 is 141 Å². The Kier molecular flexibility index (Phi) is 15.7. The molecule has 0 aliphatic carbocycles. The third-order valence-electron chi connectivity index (χ3n) is 9.15. The Hall–Kier alpha value is -4.77. The Morgan fingerprint density at radius 2 is 0.949 bits per heavy atom. The number of ether oxygens (including phenoxy) is 14. The van der Waals surface area contributed by atoms with E-state index in [2.05, 4.69) is 0 Å². The highest BCUT2D eigenvalue weighted by Crippen LogP contribution is 2.39. The SMILES string of the molecule is CC(=O)OC[C@H]1O[C@@H](O[C@H]2[C@H](OC(C)=O)[C@@H](OC(C)=O)[C@H](O[C@H]3C(OCc4ccccc4)[C@@H]4OC[C@H]3O4)O[C@@H]2COC(C)=O)[C@H](OC(C)=O)[C@@H](OC(C)=O)[C@H]1OC(C)=O. The van der Waals surface area contributed by atoms with Crippen LogP contribution < -0.4 is 0 Å². The number of rotatable bonds is 16. The van der Waals surface area contributed by atoms with Crippen molar-refractivity contribution in [1.29, 1.82) is 0 Å². The summed E-state index contributed by atoms with van der Waals surface area (Å²) >= 11 is 0. The van der Waals surface area contributed by atoms with Crippen molar-refractivity contribution in [1.82, 2.24) is 0 Å². The van der Waals surface area contributed by atoms with Gasteiger partial charge in [0.25, 0.3) is 0 Å². The van der Waals surface area contributed by atoms with Crippen molar-refractivity contribution in [3.8, 4) is 0 Å². The number of fused-ring (bicyclic) bond motifs is 2. The molecule has 59 heavy (non-hydrogen) atoms. The van der Waals surface area contributed by atoms with Crippen molar-refractivity contribution in [2.24, 2.45) is 0 Å². The molecule has 1 aromatic carbocycles. The molecule has 4 aliphatic heterocycles. The number of carbonyl (C=O) groups is 7. The van der Waals surface area contributed by atoms with Crippen LogP contribution in [-0.4, -0.2) is 148 Å². The third kappa shape index (κ3) is 12.1. The van der Waals surface area contributed by atoms with Gasteiger partial charge < -0.3 is 66.3 Å². The smallest absolute Gasteiger partial charge is 0.303 e. The minimum atomic E-state index is -1.83. The molecule has 14 atom stereocenters. The molecule has 4 heterocycles. The molecule has 4 fully saturated rings. The summed E-state index contributed by atoms with van der Waals surface area (Å²) in [5.41, 5.74) is 0.847. The second kappa shape index (κ2) is 20.5. The van der Waals surface area contributed by atoms with Crippen molar-refractivity contribution in [2.75, 3.05) is 19.8 Å². The molecule has 0 spiro atoms. The molecule has 2 bridgehead atoms. The van der Waals surface area contributed by atoms with Gasteiger partial charge in [-0.25, -0.2) is 0 Å². The van der Waals surface area contributed by atoms with Crippen molar-refractivity contribution >= 4 is 41.8 Å². The van der Waals surface area contributed by atoms with Crippen LogP contribution in [0.3, 0.4) is 0 Å². The van der Waals surface area contributed by atoms with Gasteiger partial charge in [-0.15, -0.1) is 0 Å². The summed E-state index contributed by atoms with van der Waals surface area (Å²) in [5.74, 6) is -5.96. The predicted octanol–water partition coefficient (Wildman–Crippen LogP) is 0.332. The van der Waals surface area contributed by atoms with E-state index >= 15 is 0 Å². The first kappa shape index (κ1) is 45.3. The Bertz CT molecular complexity index is 1670. The molecule has 21 nitrogen and oxygen atoms in total. The number of hydrogen-bond donors (Lipinski definition) is 0. The highest BCUT2D eigenvalue weighted by atomic mass is 16.8. The first-order valence-electron chi connectivity index (χ1n) is 18.7. The maximum Gasteiger partial charge on any atom is 0.303 e. The van der Waals surface area contributed by atoms with E-state index in [9.17, 15) is 33.6 Å². The quantitative estimate of drug-likeness (QED) is 0.161. The topological polar surface area (TPSA) is 249 Å². The molecular formula is C38H48O21. The molecule has 0 radical (unpaired) electrons. The summed E-state index contributed by atoms with van der Waals surface area (Å²) < 4.78 is 81.7. The lowest BCUT2D eigenvalue weighted by molar-refractivity contribution is -0.367. The van der Waals surface area contributed by atoms with Gasteiger partial charge in [0.15, 0.2) is 49.4 Å². The third-order valence-corrected chi connectivity index (χ3v) is 9.15. The van der Waals surface area contributed by atoms with Gasteiger partial charge in [-0.1, -0.05) is 30.3 Å². The van der Waals surface area contributed by atoms with E-state index in [4.69, 9.17) is 66.3 Å². The largest absolute Gasteiger partial charge is 0.463 e. The minimum Gasteiger partial charge on any atom is -0.463 e. The Balaban J connectivity index is 1.53. The van der Waals surface area contributed by atoms with E-state index in [0.717, 1.165) is 54.0 Å². The lowest BCUT2D eigenvalue weighted by Gasteiger charge is -2.49. The zero-order chi connectivity index (χ0) is 43.0. The summed E-state index contributed by atoms with van der Waals surface area (Å²) in [4.78, 5) is 86.8. The normalized spacial score (nSPS) is 33.5. The zero-order valence-corrected chi connectivity index (χ0v) is 33.4. The average Bonchev–Trinajstić information content (AvgIpc) is 3.75. The lowest BCUT2D eigenvalue weighted by Crippen LogP contribution is -2.67. The maximum atomic E-state index is 12.8. The second-order valence-electron chi connectivity index (χ2n) is 13.9. The monoisotopic (exact) mass is 840 g/mol. The summed E-state index contributed by atoms with van der Waals surface area (Å²) in [6, 6.07) is 9.27. The van der Waals surface area contributed by atoms with Crippen LogP contribution in [0, 0.1) is 0 Å². The molecule has 326 valence electrons. The summed E-state index contributed by atoms with van der Waals surface area (Å²) in [6.07, 6.45) is -19.3. The number of carbonyl (C=O) groups excluding carboxylic acids is 7. The van der Waals surface area contributed by atoms with Crippen molar-refractivity contribution in [3.63, 3.8) is 0 Å². The fourth-order valence-electron chi connectivity index (χ4n) is 6.99. The summed E-state index contributed by atoms with van der Waals surface area (Å²) in [7, 11) is 0. The molecule has 0 aromatic heterocycles. The molecular weight excluding hydrogens is 792 g/mol. The van der Waals surface area contributed by atoms with Gasteiger partial charge in [-0.3, -0.25) is 33.6 Å². The highest BCUT2D eigenvalue weighted by Gasteiger charge is 2.60. The van der Waals surface area contributed by atoms with Crippen molar-refractivity contribution in [3.05, 3.63) is 35.9 Å². The number of esters is 7. The molecule has 1 unspecified atom stereocenters. The summed E-state index contributed by atoms with van der Waals surface area (Å²) in [5, 5.41) is 0. The van der Waals surface area contributed by atoms with Gasteiger partial charge in [0.1, 0.15) is 49.8 Å². The van der Waals surface area contributed by atoms with E-state index in [-0.39, 0.29) is 13.2 Å². The van der Waals surface area contributed by atoms with Gasteiger partial charge in [-0.2, -0.15) is 0 Å². The lowest BCUT2D eigenvalue weighted by atomic mass is 9.95. The highest BCUT2D eigenvalue weighted by molar-refractivity contribution is 5.69. The van der Waals surface area contributed by atoms with Crippen LogP contribution in [0.5, 0.6) is 0 Å². The first-order chi connectivity index (χ1) is 28.0. The van der Waals surface area contributed by atoms with Crippen LogP contribution in [0.25, 0.3) is 0 Å². The van der Waals surface area contributed by atoms with Gasteiger partial charge in [0.2, 0.25) is 0 Å². The Labute approximate surface area is 338 Å². The number of benzene rings is 1. The molecule has 21 heteroatoms. The van der Waals surface area contributed by atoms with E-state index in [0.29, 0.717) is 0 Å². The molecule has 0 N–H and O–H groups in total. The fraction of sp³-hybridized carbons (Fsp3) is 0.658. The molecule has 0 saturated carbocycles. The van der Waals surface area contributed by atoms with Crippen LogP contribution >= 0.6 is 0 Å². The molecule has 4 aliphatic rings. The van der Waals surface area contributed by atoms with E-state index in [1.165, 1.54) is 0 Å². The second-order valence-corrected chi connectivity index (χ2v) is 13.9. The van der Waals surface area contributed by atoms with Crippen LogP contribution in [0.2, 0.25) is 0 Å². The average molecular weight is 841 g/mol. The standard InChI is InChI=1S/C38H48O21/c1-17(39)46-14-25-28(50-19(3)41)31(51-20(4)42)34(53-22(6)44)37(56-25)58-29-26(15-47-18(2)40)57-38(35(54-23(7)45)32(29)52-21(5)43)59-30-27-16-49-36(55-27)33(30)48-13-24-11-9-8-10-12-24/h8-12,25-38H,13-16H2,1-7H3/t25-,26-,27-,28+,29-,30-,31+,32+,33?,34-,35-,36-,37+,38+/m1/s1. The van der Waals surface area contributed by atoms with E-state index in [1.807, 2.05) is 30.3 Å². The van der Waals surface area contributed by atoms with Gasteiger partial charge in [-0.05, 0) is 5.56 Å². The Morgan fingerprint density at radius 3 is 1.44 bits per heavy atom. The minimum absolute atomic E-state index is 0.115. The van der Waals surface area contributed by atoms with Crippen LogP contribution in [0.1, 0.15) is 54.0 Å². The zero-order valence-electron chi connectivity index (χ0n) is 33.4. The Morgan fingerprint density at radius 1 is 0.508 bits per heavy atom.